The van der Waals surface area contributed by atoms with Crippen molar-refractivity contribution in [2.75, 3.05) is 80.0 Å². The Morgan fingerprint density at radius 1 is 0.778 bits per heavy atom. The number of carbonyl (C=O) groups excluding carboxylic acids is 12. The van der Waals surface area contributed by atoms with Gasteiger partial charge in [-0.05, 0) is 107 Å². The number of carbonyl (C=O) groups is 12. The Bertz CT molecular complexity index is 3790. The van der Waals surface area contributed by atoms with Crippen molar-refractivity contribution >= 4 is 77.2 Å². The summed E-state index contributed by atoms with van der Waals surface area (Å²) in [6, 6.07) is 17.6. The fourth-order valence-corrected chi connectivity index (χ4v) is 14.6. The Morgan fingerprint density at radius 3 is 1.95 bits per heavy atom. The molecule has 31 heteroatoms. The molecule has 8 N–H and O–H groups in total. The predicted octanol–water partition coefficient (Wildman–Crippen LogP) is 6.08. The summed E-state index contributed by atoms with van der Waals surface area (Å²) in [5.41, 5.74) is -1.90. The van der Waals surface area contributed by atoms with Gasteiger partial charge in [0, 0.05) is 84.7 Å². The first-order chi connectivity index (χ1) is 50.6. The molecular formula is C77H107N9O22. The number of ether oxygens (including phenoxy) is 9. The summed E-state index contributed by atoms with van der Waals surface area (Å²) in [6.07, 6.45) is -12.2. The molecule has 1 heterocycles. The molecule has 1 saturated heterocycles. The first kappa shape index (κ1) is 85.7. The van der Waals surface area contributed by atoms with Gasteiger partial charge in [0.1, 0.15) is 66.1 Å². The number of urea groups is 1. The lowest BCUT2D eigenvalue weighted by Crippen LogP contribution is -2.82. The molecule has 0 radical (unpaired) electrons. The van der Waals surface area contributed by atoms with Gasteiger partial charge in [-0.3, -0.25) is 33.7 Å². The molecule has 4 aliphatic rings. The Labute approximate surface area is 629 Å². The topological polar surface area (TPSA) is 404 Å². The fourth-order valence-electron chi connectivity index (χ4n) is 14.6. The summed E-state index contributed by atoms with van der Waals surface area (Å²) in [6.45, 7) is 18.5. The van der Waals surface area contributed by atoms with Gasteiger partial charge < -0.3 is 89.9 Å². The second-order valence-electron chi connectivity index (χ2n) is 30.5. The van der Waals surface area contributed by atoms with Gasteiger partial charge in [0.25, 0.3) is 0 Å². The number of Topliss-reactive ketones (excluding diaryl/α,β-unsaturated/α-hetero) is 2. The molecule has 13 atom stereocenters. The third-order valence-corrected chi connectivity index (χ3v) is 20.6. The highest BCUT2D eigenvalue weighted by Gasteiger charge is 2.78. The van der Waals surface area contributed by atoms with Gasteiger partial charge >= 0.3 is 42.2 Å². The van der Waals surface area contributed by atoms with Crippen molar-refractivity contribution in [1.82, 2.24) is 36.0 Å². The Hall–Kier alpha value is -9.56. The van der Waals surface area contributed by atoms with Gasteiger partial charge in [-0.1, -0.05) is 102 Å². The molecule has 3 aromatic carbocycles. The molecule has 31 nitrogen and oxygen atoms in total. The molecule has 2 bridgehead atoms. The quantitative estimate of drug-likeness (QED) is 0.0166. The maximum Gasteiger partial charge on any atom is 0.410 e. The van der Waals surface area contributed by atoms with Crippen molar-refractivity contribution in [3.8, 4) is 0 Å². The second-order valence-corrected chi connectivity index (χ2v) is 30.5. The van der Waals surface area contributed by atoms with Crippen molar-refractivity contribution < 1.29 is 105 Å². The molecule has 7 rings (SSSR count). The average molecular weight is 1510 g/mol. The minimum absolute atomic E-state index is 0.0337. The van der Waals surface area contributed by atoms with E-state index in [2.05, 4.69) is 26.6 Å². The van der Waals surface area contributed by atoms with Crippen molar-refractivity contribution in [3.05, 3.63) is 113 Å². The van der Waals surface area contributed by atoms with Gasteiger partial charge in [0.2, 0.25) is 23.8 Å². The van der Waals surface area contributed by atoms with Gasteiger partial charge in [-0.25, -0.2) is 28.8 Å². The summed E-state index contributed by atoms with van der Waals surface area (Å²) in [5.74, 6) is -7.48. The molecule has 108 heavy (non-hydrogen) atoms. The first-order valence-corrected chi connectivity index (χ1v) is 36.0. The number of methoxy groups -OCH3 is 2. The van der Waals surface area contributed by atoms with Gasteiger partial charge in [0.05, 0.1) is 42.7 Å². The lowest BCUT2D eigenvalue weighted by atomic mass is 9.44. The van der Waals surface area contributed by atoms with Crippen molar-refractivity contribution in [2.24, 2.45) is 34.3 Å². The number of nitrogens with zero attached hydrogens (tertiary/aromatic N) is 3. The minimum Gasteiger partial charge on any atom is -0.455 e. The van der Waals surface area contributed by atoms with Crippen LogP contribution >= 0.6 is 0 Å². The third-order valence-electron chi connectivity index (χ3n) is 20.6. The Balaban J connectivity index is 1.11. The molecular weight excluding hydrogens is 1400 g/mol. The van der Waals surface area contributed by atoms with Crippen LogP contribution in [0.15, 0.2) is 96.1 Å². The van der Waals surface area contributed by atoms with Crippen LogP contribution in [0.2, 0.25) is 0 Å². The zero-order chi connectivity index (χ0) is 80.1. The summed E-state index contributed by atoms with van der Waals surface area (Å²) in [5, 5.41) is 27.6. The second kappa shape index (κ2) is 36.1. The SMILES string of the molecule is CO[C@H]1C(=O)[C@]2(C)[C@@H](OC)C[C@H]3OC[C@@]3(OC(C)=O)[C@H]2[C@H](OC(=O)c2ccccc2)[C@]2(O)C[C@H](OC(=O)[C@H](OC(=O)N(C)CCN(C)C(=O)OCc3ccc(NC(=O)[C@H](CCCNC(N)=O)NC(=O)[C@@H](NC(=O)CN(C)CC(=O)C(C)C)C(C)C)cc3)[C@@H](NC(=O)OC(C)(C)C)c3ccccc3)C(C)=C1C2(C)C. The molecule has 2 saturated carbocycles. The lowest BCUT2D eigenvalue weighted by molar-refractivity contribution is -0.347. The van der Waals surface area contributed by atoms with Crippen LogP contribution in [-0.4, -0.2) is 232 Å². The molecule has 0 aromatic heterocycles. The van der Waals surface area contributed by atoms with E-state index in [-0.39, 0.29) is 99.2 Å². The molecule has 0 spiro atoms. The summed E-state index contributed by atoms with van der Waals surface area (Å²) in [7, 11) is 7.06. The maximum atomic E-state index is 16.1. The molecule has 3 fully saturated rings. The van der Waals surface area contributed by atoms with E-state index in [1.54, 1.807) is 156 Å². The van der Waals surface area contributed by atoms with Gasteiger partial charge in [-0.15, -0.1) is 0 Å². The highest BCUT2D eigenvalue weighted by molar-refractivity contribution is 5.99. The number of likely N-dealkylation sites (N-methyl/N-ethyl adjacent to an activating group) is 3. The fraction of sp³-hybridized carbons (Fsp3) is 0.584. The van der Waals surface area contributed by atoms with E-state index in [9.17, 15) is 53.1 Å². The summed E-state index contributed by atoms with van der Waals surface area (Å²) >= 11 is 0. The number of fused-ring (bicyclic) bond motifs is 5. The van der Waals surface area contributed by atoms with E-state index in [0.717, 1.165) is 4.90 Å². The van der Waals surface area contributed by atoms with Gasteiger partial charge in [-0.2, -0.15) is 0 Å². The number of ketones is 2. The van der Waals surface area contributed by atoms with Crippen LogP contribution in [0.5, 0.6) is 0 Å². The smallest absolute Gasteiger partial charge is 0.410 e. The molecule has 0 unspecified atom stereocenters. The standard InChI is InChI=1S/C77H107N9O22/c1-43(2)52(88)39-84(13)40-56(89)82-58(44(3)4)66(92)81-51(29-24-34-79-69(78)95)65(91)80-50-32-30-47(31-33-50)41-102-71(97)85(14)35-36-86(15)72(98)105-61(59(48-25-20-18-21-26-48)83-70(96)108-73(7,8)9)68(94)104-53-38-77(99)64(106-67(93)49-27-22-19-23-28-49)62-75(12,63(90)60(101-17)57(45(53)5)74(77,10)11)54(100-16)37-55-76(62,42-103-55)107-46(6)87/h18-23,25-28,30-33,43-44,51,53-55,58-62,64,99H,24,29,34-42H2,1-17H3,(H,80,91)(H,81,92)(H,82,89)(H,83,96)(H3,78,79,95)/t51-,53-,54-,55+,58-,59-,60+,61+,62-,64-,75+,76-,77+/m0/s1. The van der Waals surface area contributed by atoms with E-state index >= 15 is 9.59 Å². The minimum atomic E-state index is -2.40. The normalized spacial score (nSPS) is 23.8. The molecule has 592 valence electrons. The number of nitrogens with one attached hydrogen (secondary N) is 5. The third kappa shape index (κ3) is 20.0. The first-order valence-electron chi connectivity index (χ1n) is 36.0. The zero-order valence-electron chi connectivity index (χ0n) is 64.7. The predicted molar refractivity (Wildman–Crippen MR) is 391 cm³/mol. The van der Waals surface area contributed by atoms with Crippen molar-refractivity contribution in [3.63, 3.8) is 0 Å². The van der Waals surface area contributed by atoms with E-state index in [4.69, 9.17) is 48.4 Å². The monoisotopic (exact) mass is 1510 g/mol. The Kier molecular flexibility index (Phi) is 28.6. The molecule has 1 aliphatic heterocycles. The number of aliphatic hydroxyl groups is 1. The summed E-state index contributed by atoms with van der Waals surface area (Å²) in [4.78, 5) is 170. The Morgan fingerprint density at radius 2 is 1.40 bits per heavy atom. The number of esters is 3. The number of benzene rings is 3. The highest BCUT2D eigenvalue weighted by atomic mass is 16.6. The zero-order valence-corrected chi connectivity index (χ0v) is 64.7. The van der Waals surface area contributed by atoms with Crippen LogP contribution in [0.25, 0.3) is 0 Å². The van der Waals surface area contributed by atoms with Crippen LogP contribution in [-0.2, 0) is 82.8 Å². The average Bonchev–Trinajstić information content (AvgIpc) is 0.668. The lowest BCUT2D eigenvalue weighted by Gasteiger charge is -2.67. The van der Waals surface area contributed by atoms with Crippen molar-refractivity contribution in [2.45, 2.75) is 187 Å². The molecule has 3 aliphatic carbocycles. The van der Waals surface area contributed by atoms with E-state index in [1.165, 1.54) is 57.2 Å². The number of hydrogen-bond acceptors (Lipinski definition) is 23. The van der Waals surface area contributed by atoms with Crippen LogP contribution in [0.3, 0.4) is 0 Å². The maximum absolute atomic E-state index is 16.1. The molecule has 3 aromatic rings. The van der Waals surface area contributed by atoms with Crippen LogP contribution in [0.4, 0.5) is 24.9 Å². The van der Waals surface area contributed by atoms with Crippen LogP contribution in [0.1, 0.15) is 136 Å². The van der Waals surface area contributed by atoms with Crippen LogP contribution < -0.4 is 32.3 Å². The van der Waals surface area contributed by atoms with Crippen LogP contribution in [0, 0.1) is 28.6 Å². The van der Waals surface area contributed by atoms with Gasteiger partial charge in [0.15, 0.2) is 11.4 Å². The van der Waals surface area contributed by atoms with E-state index in [0.29, 0.717) is 11.3 Å². The highest BCUT2D eigenvalue weighted by Crippen LogP contribution is 2.65. The molecule has 8 amide bonds. The number of nitrogens with two attached hydrogens (primary N) is 1. The number of hydrogen-bond donors (Lipinski definition) is 7. The number of anilines is 1. The van der Waals surface area contributed by atoms with Crippen molar-refractivity contribution in [1.29, 1.82) is 0 Å². The number of primary amides is 1. The number of alkyl carbamates (subject to hydrolysis) is 1. The number of amides is 8. The van der Waals surface area contributed by atoms with E-state index in [1.807, 2.05) is 0 Å². The number of rotatable bonds is 31. The summed E-state index contributed by atoms with van der Waals surface area (Å²) < 4.78 is 55.3. The largest absolute Gasteiger partial charge is 0.455 e. The van der Waals surface area contributed by atoms with E-state index < -0.39 is 166 Å².